The van der Waals surface area contributed by atoms with Gasteiger partial charge in [0.15, 0.2) is 0 Å². The van der Waals surface area contributed by atoms with E-state index < -0.39 is 23.3 Å². The topological polar surface area (TPSA) is 121 Å². The first kappa shape index (κ1) is 20.1. The highest BCUT2D eigenvalue weighted by Crippen LogP contribution is 2.51. The number of hydrogen-bond acceptors (Lipinski definition) is 7. The molecule has 3 aromatic rings. The zero-order valence-corrected chi connectivity index (χ0v) is 16.8. The number of amides is 1. The molecule has 1 aromatic heterocycles. The molecule has 0 saturated carbocycles. The van der Waals surface area contributed by atoms with Crippen molar-refractivity contribution < 1.29 is 23.9 Å². The van der Waals surface area contributed by atoms with Gasteiger partial charge in [-0.05, 0) is 28.8 Å². The molecule has 8 nitrogen and oxygen atoms in total. The number of benzene rings is 2. The van der Waals surface area contributed by atoms with Crippen molar-refractivity contribution in [2.75, 3.05) is 25.3 Å². The fraction of sp³-hybridized carbons (Fsp3) is 0.130. The van der Waals surface area contributed by atoms with Gasteiger partial charge in [-0.1, -0.05) is 36.4 Å². The monoisotopic (exact) mass is 417 g/mol. The van der Waals surface area contributed by atoms with Gasteiger partial charge in [-0.2, -0.15) is 0 Å². The Bertz CT molecular complexity index is 1210. The molecule has 8 heteroatoms. The summed E-state index contributed by atoms with van der Waals surface area (Å²) in [5.41, 5.74) is 6.79. The van der Waals surface area contributed by atoms with Crippen LogP contribution in [0.15, 0.2) is 60.9 Å². The van der Waals surface area contributed by atoms with E-state index in [-0.39, 0.29) is 5.56 Å². The summed E-state index contributed by atoms with van der Waals surface area (Å²) in [4.78, 5) is 43.2. The van der Waals surface area contributed by atoms with E-state index in [1.165, 1.54) is 26.6 Å². The second kappa shape index (κ2) is 7.56. The molecule has 0 atom stereocenters. The molecule has 0 spiro atoms. The van der Waals surface area contributed by atoms with Crippen LogP contribution in [-0.2, 0) is 24.5 Å². The number of carbonyl (C=O) groups is 3. The Morgan fingerprint density at radius 1 is 0.935 bits per heavy atom. The van der Waals surface area contributed by atoms with E-state index in [9.17, 15) is 14.4 Å². The van der Waals surface area contributed by atoms with Crippen molar-refractivity contribution in [3.63, 3.8) is 0 Å². The molecule has 4 rings (SSSR count). The van der Waals surface area contributed by atoms with Crippen molar-refractivity contribution in [3.05, 3.63) is 77.6 Å². The first-order chi connectivity index (χ1) is 15.0. The molecular formula is C23H19N3O5. The third kappa shape index (κ3) is 2.83. The van der Waals surface area contributed by atoms with E-state index >= 15 is 0 Å². The molecule has 0 bridgehead atoms. The first-order valence-electron chi connectivity index (χ1n) is 9.37. The quantitative estimate of drug-likeness (QED) is 0.494. The van der Waals surface area contributed by atoms with Gasteiger partial charge in [-0.3, -0.25) is 19.4 Å². The van der Waals surface area contributed by atoms with Crippen LogP contribution in [-0.4, -0.2) is 37.0 Å². The van der Waals surface area contributed by atoms with E-state index in [2.05, 4.69) is 10.3 Å². The molecule has 3 N–H and O–H groups in total. The number of esters is 2. The minimum absolute atomic E-state index is 0.267. The normalized spacial score (nSPS) is 13.0. The van der Waals surface area contributed by atoms with Gasteiger partial charge in [-0.25, -0.2) is 0 Å². The highest BCUT2D eigenvalue weighted by atomic mass is 16.5. The lowest BCUT2D eigenvalue weighted by molar-refractivity contribution is -0.159. The van der Waals surface area contributed by atoms with Gasteiger partial charge in [0.1, 0.15) is 0 Å². The molecule has 0 fully saturated rings. The highest BCUT2D eigenvalue weighted by molar-refractivity contribution is 6.19. The third-order valence-corrected chi connectivity index (χ3v) is 5.40. The predicted octanol–water partition coefficient (Wildman–Crippen LogP) is 2.53. The van der Waals surface area contributed by atoms with Crippen LogP contribution in [0.3, 0.4) is 0 Å². The van der Waals surface area contributed by atoms with Crippen molar-refractivity contribution in [1.82, 2.24) is 4.98 Å². The number of rotatable bonds is 4. The lowest BCUT2D eigenvalue weighted by Gasteiger charge is -2.26. The van der Waals surface area contributed by atoms with Crippen LogP contribution in [0.25, 0.3) is 11.1 Å². The molecule has 1 heterocycles. The van der Waals surface area contributed by atoms with Crippen molar-refractivity contribution in [1.29, 1.82) is 0 Å². The van der Waals surface area contributed by atoms with Gasteiger partial charge in [-0.15, -0.1) is 0 Å². The first-order valence-corrected chi connectivity index (χ1v) is 9.37. The zero-order chi connectivity index (χ0) is 22.2. The number of anilines is 2. The lowest BCUT2D eigenvalue weighted by Crippen LogP contribution is -2.45. The molecule has 0 aliphatic heterocycles. The number of methoxy groups -OCH3 is 2. The summed E-state index contributed by atoms with van der Waals surface area (Å²) in [7, 11) is 2.41. The summed E-state index contributed by atoms with van der Waals surface area (Å²) < 4.78 is 10.0. The number of hydrogen-bond donors (Lipinski definition) is 2. The third-order valence-electron chi connectivity index (χ3n) is 5.40. The summed E-state index contributed by atoms with van der Waals surface area (Å²) in [6, 6.07) is 13.3. The number of nitrogen functional groups attached to an aromatic ring is 1. The van der Waals surface area contributed by atoms with Gasteiger partial charge >= 0.3 is 11.9 Å². The molecule has 1 amide bonds. The number of nitrogens with zero attached hydrogens (tertiary/aromatic N) is 1. The maximum Gasteiger partial charge on any atom is 0.332 e. The number of nitrogens with one attached hydrogen (secondary N) is 1. The van der Waals surface area contributed by atoms with Crippen molar-refractivity contribution in [3.8, 4) is 11.1 Å². The summed E-state index contributed by atoms with van der Waals surface area (Å²) in [6.45, 7) is 0. The number of aromatic nitrogens is 1. The van der Waals surface area contributed by atoms with Gasteiger partial charge in [0.2, 0.25) is 5.41 Å². The standard InChI is InChI=1S/C23H19N3O5/c1-30-21(28)23(22(29)31-2)15-8-4-3-6-13(15)19-14(7-5-9-16(19)23)20(27)26-18-12-25-11-10-17(18)24/h3-12H,1-2H3,(H2,24,25)(H,26,27). The molecule has 1 aliphatic carbocycles. The average Bonchev–Trinajstić information content (AvgIpc) is 3.11. The van der Waals surface area contributed by atoms with Gasteiger partial charge in [0.05, 0.1) is 31.8 Å². The summed E-state index contributed by atoms with van der Waals surface area (Å²) >= 11 is 0. The van der Waals surface area contributed by atoms with Gasteiger partial charge < -0.3 is 20.5 Å². The SMILES string of the molecule is COC(=O)C1(C(=O)OC)c2ccccc2-c2c(C(=O)Nc3cnccc3N)cccc21. The largest absolute Gasteiger partial charge is 0.468 e. The van der Waals surface area contributed by atoms with Crippen molar-refractivity contribution in [2.24, 2.45) is 0 Å². The number of ether oxygens (including phenoxy) is 2. The Labute approximate surface area is 178 Å². The maximum absolute atomic E-state index is 13.2. The maximum atomic E-state index is 13.2. The number of nitrogens with two attached hydrogens (primary N) is 1. The molecule has 1 aliphatic rings. The number of carbonyl (C=O) groups excluding carboxylic acids is 3. The van der Waals surface area contributed by atoms with Crippen molar-refractivity contribution in [2.45, 2.75) is 5.41 Å². The minimum Gasteiger partial charge on any atom is -0.468 e. The highest BCUT2D eigenvalue weighted by Gasteiger charge is 2.58. The van der Waals surface area contributed by atoms with Crippen LogP contribution in [0.1, 0.15) is 21.5 Å². The van der Waals surface area contributed by atoms with E-state index in [0.29, 0.717) is 33.6 Å². The summed E-state index contributed by atoms with van der Waals surface area (Å²) in [5.74, 6) is -2.05. The molecule has 2 aromatic carbocycles. The second-order valence-electron chi connectivity index (χ2n) is 6.92. The number of pyridine rings is 1. The Hall–Kier alpha value is -4.20. The van der Waals surface area contributed by atoms with Crippen LogP contribution >= 0.6 is 0 Å². The van der Waals surface area contributed by atoms with E-state index in [4.69, 9.17) is 15.2 Å². The Kier molecular flexibility index (Phi) is 4.90. The van der Waals surface area contributed by atoms with E-state index in [0.717, 1.165) is 0 Å². The number of fused-ring (bicyclic) bond motifs is 3. The van der Waals surface area contributed by atoms with Crippen LogP contribution in [0.5, 0.6) is 0 Å². The Morgan fingerprint density at radius 3 is 2.29 bits per heavy atom. The fourth-order valence-corrected chi connectivity index (χ4v) is 4.05. The van der Waals surface area contributed by atoms with E-state index in [1.54, 1.807) is 48.5 Å². The molecule has 156 valence electrons. The Morgan fingerprint density at radius 2 is 1.61 bits per heavy atom. The lowest BCUT2D eigenvalue weighted by atomic mass is 9.78. The van der Waals surface area contributed by atoms with Crippen LogP contribution in [0.4, 0.5) is 11.4 Å². The van der Waals surface area contributed by atoms with Gasteiger partial charge in [0, 0.05) is 17.3 Å². The summed E-state index contributed by atoms with van der Waals surface area (Å²) in [6.07, 6.45) is 2.96. The predicted molar refractivity (Wildman–Crippen MR) is 113 cm³/mol. The average molecular weight is 417 g/mol. The minimum atomic E-state index is -1.83. The zero-order valence-electron chi connectivity index (χ0n) is 16.8. The summed E-state index contributed by atoms with van der Waals surface area (Å²) in [5, 5.41) is 2.74. The van der Waals surface area contributed by atoms with Crippen LogP contribution < -0.4 is 11.1 Å². The molecule has 0 unspecified atom stereocenters. The molecule has 0 saturated heterocycles. The van der Waals surface area contributed by atoms with Crippen LogP contribution in [0.2, 0.25) is 0 Å². The smallest absolute Gasteiger partial charge is 0.332 e. The second-order valence-corrected chi connectivity index (χ2v) is 6.92. The Balaban J connectivity index is 1.96. The van der Waals surface area contributed by atoms with E-state index in [1.807, 2.05) is 0 Å². The molecule has 31 heavy (non-hydrogen) atoms. The molecule has 0 radical (unpaired) electrons. The fourth-order valence-electron chi connectivity index (χ4n) is 4.05. The van der Waals surface area contributed by atoms with Crippen LogP contribution in [0, 0.1) is 0 Å². The van der Waals surface area contributed by atoms with Crippen molar-refractivity contribution >= 4 is 29.2 Å². The molecular weight excluding hydrogens is 398 g/mol. The van der Waals surface area contributed by atoms with Gasteiger partial charge in [0.25, 0.3) is 5.91 Å².